The smallest absolute Gasteiger partial charge is 0.345 e. The molecule has 8 nitrogen and oxygen atoms in total. The topological polar surface area (TPSA) is 142 Å². The van der Waals surface area contributed by atoms with Crippen molar-refractivity contribution in [2.24, 2.45) is 27.2 Å². The Balaban J connectivity index is 2.81. The van der Waals surface area contributed by atoms with Crippen molar-refractivity contribution in [2.75, 3.05) is 0 Å². The number of rotatable bonds is 2. The van der Waals surface area contributed by atoms with E-state index in [0.717, 1.165) is 0 Å². The van der Waals surface area contributed by atoms with Crippen molar-refractivity contribution >= 4 is 17.9 Å². The fourth-order valence-corrected chi connectivity index (χ4v) is 0.688. The quantitative estimate of drug-likeness (QED) is 0.403. The van der Waals surface area contributed by atoms with Crippen molar-refractivity contribution in [3.05, 3.63) is 5.89 Å². The molecule has 0 unspecified atom stereocenters. The van der Waals surface area contributed by atoms with Gasteiger partial charge in [0, 0.05) is 6.42 Å². The van der Waals surface area contributed by atoms with Crippen LogP contribution in [-0.2, 0) is 6.42 Å². The minimum atomic E-state index is -0.179. The van der Waals surface area contributed by atoms with Crippen molar-refractivity contribution in [1.82, 2.24) is 10.2 Å². The summed E-state index contributed by atoms with van der Waals surface area (Å²) in [6, 6.07) is 0.0318. The molecule has 0 atom stereocenters. The summed E-state index contributed by atoms with van der Waals surface area (Å²) in [5.41, 5.74) is 15.5. The van der Waals surface area contributed by atoms with E-state index >= 15 is 0 Å². The predicted molar refractivity (Wildman–Crippen MR) is 50.8 cm³/mol. The molecule has 0 bridgehead atoms. The predicted octanol–water partition coefficient (Wildman–Crippen LogP) is -1.15. The number of aromatic nitrogens is 2. The van der Waals surface area contributed by atoms with Gasteiger partial charge in [-0.05, 0) is 0 Å². The molecule has 1 heterocycles. The van der Waals surface area contributed by atoms with Crippen LogP contribution in [0.2, 0.25) is 0 Å². The van der Waals surface area contributed by atoms with E-state index in [-0.39, 0.29) is 17.9 Å². The maximum Gasteiger partial charge on any atom is 0.345 e. The summed E-state index contributed by atoms with van der Waals surface area (Å²) in [7, 11) is 0. The minimum absolute atomic E-state index is 0.0318. The van der Waals surface area contributed by atoms with Gasteiger partial charge in [-0.2, -0.15) is 9.98 Å². The molecule has 0 amide bonds. The summed E-state index contributed by atoms with van der Waals surface area (Å²) in [4.78, 5) is 7.15. The summed E-state index contributed by atoms with van der Waals surface area (Å²) in [6.07, 6.45) is 0.630. The molecule has 0 radical (unpaired) electrons. The van der Waals surface area contributed by atoms with Gasteiger partial charge < -0.3 is 21.6 Å². The zero-order valence-electron chi connectivity index (χ0n) is 7.64. The Morgan fingerprint density at radius 2 is 2.07 bits per heavy atom. The Hall–Kier alpha value is -2.12. The number of guanidine groups is 2. The second-order valence-electron chi connectivity index (χ2n) is 2.34. The Labute approximate surface area is 79.9 Å². The second-order valence-corrected chi connectivity index (χ2v) is 2.34. The largest absolute Gasteiger partial charge is 0.406 e. The maximum absolute atomic E-state index is 5.33. The first kappa shape index (κ1) is 9.96. The zero-order valence-corrected chi connectivity index (χ0v) is 7.64. The van der Waals surface area contributed by atoms with Crippen LogP contribution < -0.4 is 17.2 Å². The van der Waals surface area contributed by atoms with Gasteiger partial charge in [0.15, 0.2) is 5.96 Å². The normalized spacial score (nSPS) is 11.4. The minimum Gasteiger partial charge on any atom is -0.406 e. The lowest BCUT2D eigenvalue weighted by atomic mass is 10.5. The Morgan fingerprint density at radius 1 is 1.36 bits per heavy atom. The standard InChI is InChI=1S/C6H11N7O/c1-2-3-12-13-6(14-3)11-5(9)10-4(7)8/h2H2,1H3,(H6,7,8,9,10,11,13). The first-order valence-corrected chi connectivity index (χ1v) is 3.88. The van der Waals surface area contributed by atoms with Crippen LogP contribution in [0.1, 0.15) is 12.8 Å². The highest BCUT2D eigenvalue weighted by Gasteiger charge is 2.02. The SMILES string of the molecule is CCc1nnc(/N=C(\N)N=C(N)N)o1. The van der Waals surface area contributed by atoms with E-state index in [1.54, 1.807) is 0 Å². The van der Waals surface area contributed by atoms with Crippen molar-refractivity contribution in [3.63, 3.8) is 0 Å². The van der Waals surface area contributed by atoms with E-state index in [2.05, 4.69) is 20.2 Å². The van der Waals surface area contributed by atoms with Crippen molar-refractivity contribution < 1.29 is 4.42 Å². The molecule has 76 valence electrons. The first-order valence-electron chi connectivity index (χ1n) is 3.88. The van der Waals surface area contributed by atoms with Gasteiger partial charge in [-0.3, -0.25) is 0 Å². The Kier molecular flexibility index (Phi) is 3.00. The molecule has 1 aromatic heterocycles. The average Bonchev–Trinajstić information content (AvgIpc) is 2.50. The average molecular weight is 197 g/mol. The summed E-state index contributed by atoms with van der Waals surface area (Å²) >= 11 is 0. The zero-order chi connectivity index (χ0) is 10.6. The third-order valence-corrected chi connectivity index (χ3v) is 1.21. The number of nitrogens with two attached hydrogens (primary N) is 3. The highest BCUT2D eigenvalue weighted by Crippen LogP contribution is 2.09. The molecule has 0 fully saturated rings. The highest BCUT2D eigenvalue weighted by molar-refractivity contribution is 5.93. The maximum atomic E-state index is 5.33. The van der Waals surface area contributed by atoms with E-state index in [4.69, 9.17) is 21.6 Å². The molecular weight excluding hydrogens is 186 g/mol. The summed E-state index contributed by atoms with van der Waals surface area (Å²) in [5, 5.41) is 7.28. The van der Waals surface area contributed by atoms with E-state index in [0.29, 0.717) is 12.3 Å². The van der Waals surface area contributed by atoms with Crippen molar-refractivity contribution in [2.45, 2.75) is 13.3 Å². The van der Waals surface area contributed by atoms with Crippen LogP contribution in [0.4, 0.5) is 6.01 Å². The molecule has 0 spiro atoms. The monoisotopic (exact) mass is 197 g/mol. The van der Waals surface area contributed by atoms with Crippen LogP contribution in [0.25, 0.3) is 0 Å². The Morgan fingerprint density at radius 3 is 2.57 bits per heavy atom. The van der Waals surface area contributed by atoms with Crippen LogP contribution >= 0.6 is 0 Å². The number of hydrogen-bond donors (Lipinski definition) is 3. The second kappa shape index (κ2) is 4.21. The molecule has 0 saturated heterocycles. The fraction of sp³-hybridized carbons (Fsp3) is 0.333. The molecule has 0 aliphatic heterocycles. The van der Waals surface area contributed by atoms with Gasteiger partial charge in [0.2, 0.25) is 11.9 Å². The summed E-state index contributed by atoms with van der Waals surface area (Å²) in [5.74, 6) is 0.166. The van der Waals surface area contributed by atoms with Crippen LogP contribution in [-0.4, -0.2) is 22.1 Å². The molecule has 8 heteroatoms. The van der Waals surface area contributed by atoms with Crippen LogP contribution in [0, 0.1) is 0 Å². The van der Waals surface area contributed by atoms with Crippen LogP contribution in [0.15, 0.2) is 14.4 Å². The fourth-order valence-electron chi connectivity index (χ4n) is 0.688. The summed E-state index contributed by atoms with van der Waals surface area (Å²) < 4.78 is 5.04. The number of aryl methyl sites for hydroxylation is 1. The van der Waals surface area contributed by atoms with Gasteiger partial charge in [0.25, 0.3) is 0 Å². The van der Waals surface area contributed by atoms with Crippen molar-refractivity contribution in [1.29, 1.82) is 0 Å². The van der Waals surface area contributed by atoms with Crippen LogP contribution in [0.5, 0.6) is 0 Å². The van der Waals surface area contributed by atoms with Crippen molar-refractivity contribution in [3.8, 4) is 0 Å². The molecule has 6 N–H and O–H groups in total. The van der Waals surface area contributed by atoms with Crippen LogP contribution in [0.3, 0.4) is 0 Å². The molecule has 0 aliphatic rings. The van der Waals surface area contributed by atoms with Gasteiger partial charge in [0.1, 0.15) is 0 Å². The van der Waals surface area contributed by atoms with E-state index < -0.39 is 0 Å². The van der Waals surface area contributed by atoms with E-state index in [1.807, 2.05) is 6.92 Å². The molecule has 0 saturated carbocycles. The highest BCUT2D eigenvalue weighted by atomic mass is 16.4. The molecule has 1 aromatic rings. The lowest BCUT2D eigenvalue weighted by Gasteiger charge is -1.90. The van der Waals surface area contributed by atoms with Gasteiger partial charge in [-0.1, -0.05) is 12.0 Å². The van der Waals surface area contributed by atoms with Gasteiger partial charge in [-0.15, -0.1) is 5.10 Å². The summed E-state index contributed by atoms with van der Waals surface area (Å²) in [6.45, 7) is 1.88. The van der Waals surface area contributed by atoms with Gasteiger partial charge in [0.05, 0.1) is 0 Å². The van der Waals surface area contributed by atoms with E-state index in [1.165, 1.54) is 0 Å². The number of hydrogen-bond acceptors (Lipinski definition) is 4. The molecule has 0 aliphatic carbocycles. The third kappa shape index (κ3) is 2.73. The molecule has 14 heavy (non-hydrogen) atoms. The van der Waals surface area contributed by atoms with Gasteiger partial charge >= 0.3 is 6.01 Å². The molecule has 0 aromatic carbocycles. The first-order chi connectivity index (χ1) is 6.61. The third-order valence-electron chi connectivity index (χ3n) is 1.21. The molecule has 1 rings (SSSR count). The van der Waals surface area contributed by atoms with Gasteiger partial charge in [-0.25, -0.2) is 0 Å². The Bertz CT molecular complexity index is 362. The lowest BCUT2D eigenvalue weighted by molar-refractivity contribution is 0.510. The molecular formula is C6H11N7O. The number of nitrogens with zero attached hydrogens (tertiary/aromatic N) is 4. The van der Waals surface area contributed by atoms with E-state index in [9.17, 15) is 0 Å². The number of aliphatic imine (C=N–C) groups is 2. The lowest BCUT2D eigenvalue weighted by Crippen LogP contribution is -2.26.